The summed E-state index contributed by atoms with van der Waals surface area (Å²) in [6.07, 6.45) is 0. The molecule has 0 fully saturated rings. The summed E-state index contributed by atoms with van der Waals surface area (Å²) in [6.45, 7) is 1.91. The van der Waals surface area contributed by atoms with Crippen molar-refractivity contribution in [1.29, 1.82) is 0 Å². The van der Waals surface area contributed by atoms with E-state index < -0.39 is 0 Å². The zero-order valence-electron chi connectivity index (χ0n) is 9.40. The van der Waals surface area contributed by atoms with E-state index in [1.54, 1.807) is 13.2 Å². The van der Waals surface area contributed by atoms with Crippen LogP contribution >= 0.6 is 0 Å². The molecule has 1 N–H and O–H groups in total. The Morgan fingerprint density at radius 3 is 2.31 bits per heavy atom. The molecule has 0 aliphatic rings. The number of aromatic hydroxyl groups is 1. The molecule has 0 aliphatic heterocycles. The van der Waals surface area contributed by atoms with Gasteiger partial charge in [0.15, 0.2) is 0 Å². The first-order chi connectivity index (χ1) is 7.72. The van der Waals surface area contributed by atoms with Crippen LogP contribution in [0.1, 0.15) is 5.56 Å². The number of phenols is 1. The monoisotopic (exact) mass is 214 g/mol. The number of methoxy groups -OCH3 is 1. The maximum Gasteiger partial charge on any atom is 0.119 e. The third kappa shape index (κ3) is 1.87. The number of ether oxygens (including phenoxy) is 1. The van der Waals surface area contributed by atoms with Gasteiger partial charge in [0.1, 0.15) is 11.5 Å². The van der Waals surface area contributed by atoms with E-state index in [9.17, 15) is 5.11 Å². The molecule has 2 aromatic rings. The number of hydrogen-bond acceptors (Lipinski definition) is 2. The van der Waals surface area contributed by atoms with Crippen LogP contribution in [0, 0.1) is 6.92 Å². The van der Waals surface area contributed by atoms with Gasteiger partial charge in [0, 0.05) is 0 Å². The van der Waals surface area contributed by atoms with Gasteiger partial charge in [-0.15, -0.1) is 0 Å². The molecule has 2 rings (SSSR count). The van der Waals surface area contributed by atoms with Gasteiger partial charge < -0.3 is 9.84 Å². The maximum absolute atomic E-state index is 9.64. The minimum Gasteiger partial charge on any atom is -0.508 e. The molecule has 0 saturated heterocycles. The molecule has 0 radical (unpaired) electrons. The van der Waals surface area contributed by atoms with Gasteiger partial charge in [0.2, 0.25) is 0 Å². The summed E-state index contributed by atoms with van der Waals surface area (Å²) in [4.78, 5) is 0. The molecule has 0 unspecified atom stereocenters. The van der Waals surface area contributed by atoms with Crippen LogP contribution < -0.4 is 4.74 Å². The van der Waals surface area contributed by atoms with Crippen LogP contribution in [0.25, 0.3) is 11.1 Å². The van der Waals surface area contributed by atoms with Crippen molar-refractivity contribution in [3.8, 4) is 22.6 Å². The summed E-state index contributed by atoms with van der Waals surface area (Å²) in [5.74, 6) is 1.16. The van der Waals surface area contributed by atoms with Crippen molar-refractivity contribution in [1.82, 2.24) is 0 Å². The van der Waals surface area contributed by atoms with Crippen molar-refractivity contribution < 1.29 is 9.84 Å². The van der Waals surface area contributed by atoms with E-state index in [0.717, 1.165) is 22.4 Å². The molecule has 0 aromatic heterocycles. The van der Waals surface area contributed by atoms with E-state index in [2.05, 4.69) is 0 Å². The summed E-state index contributed by atoms with van der Waals surface area (Å²) < 4.78 is 5.11. The van der Waals surface area contributed by atoms with Gasteiger partial charge in [-0.1, -0.05) is 24.3 Å². The second-order valence-electron chi connectivity index (χ2n) is 3.68. The third-order valence-electron chi connectivity index (χ3n) is 2.71. The molecule has 0 aliphatic carbocycles. The number of rotatable bonds is 2. The minimum absolute atomic E-state index is 0.327. The normalized spacial score (nSPS) is 10.1. The fraction of sp³-hybridized carbons (Fsp3) is 0.143. The lowest BCUT2D eigenvalue weighted by Gasteiger charge is -2.08. The summed E-state index contributed by atoms with van der Waals surface area (Å²) >= 11 is 0. The fourth-order valence-electron chi connectivity index (χ4n) is 1.71. The second kappa shape index (κ2) is 4.27. The van der Waals surface area contributed by atoms with E-state index >= 15 is 0 Å². The van der Waals surface area contributed by atoms with Crippen molar-refractivity contribution in [2.24, 2.45) is 0 Å². The van der Waals surface area contributed by atoms with E-state index in [1.165, 1.54) is 0 Å². The van der Waals surface area contributed by atoms with Crippen LogP contribution in [0.2, 0.25) is 0 Å². The molecule has 0 spiro atoms. The zero-order chi connectivity index (χ0) is 11.5. The Morgan fingerprint density at radius 1 is 1.00 bits per heavy atom. The summed E-state index contributed by atoms with van der Waals surface area (Å²) in [5.41, 5.74) is 3.02. The predicted molar refractivity (Wildman–Crippen MR) is 64.8 cm³/mol. The first-order valence-corrected chi connectivity index (χ1v) is 5.15. The van der Waals surface area contributed by atoms with Gasteiger partial charge in [-0.05, 0) is 41.8 Å². The molecule has 0 saturated carbocycles. The Hall–Kier alpha value is -1.96. The van der Waals surface area contributed by atoms with Crippen LogP contribution in [0.3, 0.4) is 0 Å². The van der Waals surface area contributed by atoms with Crippen molar-refractivity contribution in [3.05, 3.63) is 48.0 Å². The van der Waals surface area contributed by atoms with Gasteiger partial charge in [-0.2, -0.15) is 0 Å². The second-order valence-corrected chi connectivity index (χ2v) is 3.68. The highest BCUT2D eigenvalue weighted by Crippen LogP contribution is 2.29. The summed E-state index contributed by atoms with van der Waals surface area (Å²) in [7, 11) is 1.65. The number of hydrogen-bond donors (Lipinski definition) is 1. The molecule has 2 aromatic carbocycles. The fourth-order valence-corrected chi connectivity index (χ4v) is 1.71. The molecular weight excluding hydrogens is 200 g/mol. The molecule has 16 heavy (non-hydrogen) atoms. The molecule has 0 atom stereocenters. The summed E-state index contributed by atoms with van der Waals surface area (Å²) in [6, 6.07) is 13.3. The molecule has 2 heteroatoms. The van der Waals surface area contributed by atoms with Crippen LogP contribution in [-0.4, -0.2) is 12.2 Å². The van der Waals surface area contributed by atoms with Crippen LogP contribution in [0.15, 0.2) is 42.5 Å². The minimum atomic E-state index is 0.327. The topological polar surface area (TPSA) is 29.5 Å². The highest BCUT2D eigenvalue weighted by atomic mass is 16.5. The van der Waals surface area contributed by atoms with Gasteiger partial charge in [0.05, 0.1) is 7.11 Å². The first-order valence-electron chi connectivity index (χ1n) is 5.15. The van der Waals surface area contributed by atoms with E-state index in [1.807, 2.05) is 43.3 Å². The van der Waals surface area contributed by atoms with Gasteiger partial charge in [-0.25, -0.2) is 0 Å². The molecular formula is C14H14O2. The van der Waals surface area contributed by atoms with Crippen LogP contribution in [0.4, 0.5) is 0 Å². The summed E-state index contributed by atoms with van der Waals surface area (Å²) in [5, 5.41) is 9.64. The maximum atomic E-state index is 9.64. The van der Waals surface area contributed by atoms with Gasteiger partial charge in [0.25, 0.3) is 0 Å². The highest BCUT2D eigenvalue weighted by Gasteiger charge is 2.04. The largest absolute Gasteiger partial charge is 0.508 e. The highest BCUT2D eigenvalue weighted by molar-refractivity contribution is 5.70. The third-order valence-corrected chi connectivity index (χ3v) is 2.71. The van der Waals surface area contributed by atoms with Crippen LogP contribution in [-0.2, 0) is 0 Å². The van der Waals surface area contributed by atoms with E-state index in [-0.39, 0.29) is 0 Å². The van der Waals surface area contributed by atoms with E-state index in [4.69, 9.17) is 4.74 Å². The van der Waals surface area contributed by atoms with E-state index in [0.29, 0.717) is 5.75 Å². The standard InChI is InChI=1S/C14H14O2/c1-10-13(4-3-5-14(10)15)11-6-8-12(16-2)9-7-11/h3-9,15H,1-2H3. The SMILES string of the molecule is COc1ccc(-c2cccc(O)c2C)cc1. The molecule has 0 bridgehead atoms. The lowest BCUT2D eigenvalue weighted by Crippen LogP contribution is -1.85. The number of benzene rings is 2. The average molecular weight is 214 g/mol. The Kier molecular flexibility index (Phi) is 2.82. The van der Waals surface area contributed by atoms with Crippen molar-refractivity contribution >= 4 is 0 Å². The lowest BCUT2D eigenvalue weighted by molar-refractivity contribution is 0.415. The van der Waals surface area contributed by atoms with Crippen molar-refractivity contribution in [3.63, 3.8) is 0 Å². The molecule has 2 nitrogen and oxygen atoms in total. The lowest BCUT2D eigenvalue weighted by atomic mass is 10.00. The van der Waals surface area contributed by atoms with Gasteiger partial charge in [-0.3, -0.25) is 0 Å². The Balaban J connectivity index is 2.46. The zero-order valence-corrected chi connectivity index (χ0v) is 9.40. The Morgan fingerprint density at radius 2 is 1.69 bits per heavy atom. The van der Waals surface area contributed by atoms with Crippen LogP contribution in [0.5, 0.6) is 11.5 Å². The van der Waals surface area contributed by atoms with Crippen molar-refractivity contribution in [2.45, 2.75) is 6.92 Å². The smallest absolute Gasteiger partial charge is 0.119 e. The Labute approximate surface area is 95.1 Å². The molecule has 0 heterocycles. The quantitative estimate of drug-likeness (QED) is 0.830. The first kappa shape index (κ1) is 10.6. The average Bonchev–Trinajstić information content (AvgIpc) is 2.33. The Bertz CT molecular complexity index is 487. The van der Waals surface area contributed by atoms with Crippen molar-refractivity contribution in [2.75, 3.05) is 7.11 Å². The number of phenolic OH excluding ortho intramolecular Hbond substituents is 1. The predicted octanol–water partition coefficient (Wildman–Crippen LogP) is 3.38. The molecule has 0 amide bonds. The molecule has 82 valence electrons. The van der Waals surface area contributed by atoms with Gasteiger partial charge >= 0.3 is 0 Å².